The van der Waals surface area contributed by atoms with Crippen molar-refractivity contribution < 1.29 is 4.79 Å². The molecule has 2 rings (SSSR count). The highest BCUT2D eigenvalue weighted by molar-refractivity contribution is 5.93. The van der Waals surface area contributed by atoms with E-state index in [2.05, 4.69) is 15.2 Å². The highest BCUT2D eigenvalue weighted by Gasteiger charge is 2.10. The van der Waals surface area contributed by atoms with Crippen molar-refractivity contribution in [1.29, 1.82) is 0 Å². The van der Waals surface area contributed by atoms with Gasteiger partial charge in [0, 0.05) is 18.4 Å². The number of carbonyl (C=O) groups excluding carboxylic acids is 1. The number of H-pyrrole nitrogens is 1. The van der Waals surface area contributed by atoms with E-state index in [-0.39, 0.29) is 5.91 Å². The minimum atomic E-state index is -0.0784. The lowest BCUT2D eigenvalue weighted by atomic mass is 10.1. The van der Waals surface area contributed by atoms with Gasteiger partial charge in [0.05, 0.1) is 0 Å². The summed E-state index contributed by atoms with van der Waals surface area (Å²) in [5.41, 5.74) is 6.67. The van der Waals surface area contributed by atoms with Crippen LogP contribution in [0.2, 0.25) is 0 Å². The van der Waals surface area contributed by atoms with Crippen molar-refractivity contribution in [2.24, 2.45) is 0 Å². The van der Waals surface area contributed by atoms with E-state index in [9.17, 15) is 4.79 Å². The molecule has 100 valence electrons. The van der Waals surface area contributed by atoms with Crippen LogP contribution >= 0.6 is 0 Å². The fraction of sp³-hybridized carbons (Fsp3) is 0.615. The molecule has 0 saturated carbocycles. The normalized spacial score (nSPS) is 16.7. The van der Waals surface area contributed by atoms with Crippen LogP contribution < -0.4 is 11.1 Å². The zero-order valence-corrected chi connectivity index (χ0v) is 10.7. The fourth-order valence-electron chi connectivity index (χ4n) is 2.32. The molecule has 0 atom stereocenters. The van der Waals surface area contributed by atoms with Crippen molar-refractivity contribution in [3.63, 3.8) is 0 Å². The number of anilines is 1. The van der Waals surface area contributed by atoms with Gasteiger partial charge in [0.2, 0.25) is 0 Å². The SMILES string of the molecule is Nc1c[nH]c(C(=O)NCCCN2CCCCC2)c1. The number of nitrogens with two attached hydrogens (primary N) is 1. The molecule has 1 amide bonds. The van der Waals surface area contributed by atoms with Gasteiger partial charge in [-0.3, -0.25) is 4.79 Å². The second-order valence-electron chi connectivity index (χ2n) is 4.86. The van der Waals surface area contributed by atoms with E-state index in [0.717, 1.165) is 13.0 Å². The van der Waals surface area contributed by atoms with Gasteiger partial charge in [-0.2, -0.15) is 0 Å². The smallest absolute Gasteiger partial charge is 0.267 e. The van der Waals surface area contributed by atoms with Crippen molar-refractivity contribution in [2.45, 2.75) is 25.7 Å². The second kappa shape index (κ2) is 6.44. The molecule has 4 N–H and O–H groups in total. The summed E-state index contributed by atoms with van der Waals surface area (Å²) in [5.74, 6) is -0.0784. The van der Waals surface area contributed by atoms with E-state index in [4.69, 9.17) is 5.73 Å². The number of carbonyl (C=O) groups is 1. The van der Waals surface area contributed by atoms with E-state index in [0.29, 0.717) is 17.9 Å². The van der Waals surface area contributed by atoms with Crippen LogP contribution in [0.15, 0.2) is 12.3 Å². The molecule has 2 heterocycles. The van der Waals surface area contributed by atoms with E-state index in [1.54, 1.807) is 12.3 Å². The lowest BCUT2D eigenvalue weighted by molar-refractivity contribution is 0.0946. The average molecular weight is 250 g/mol. The molecule has 1 aromatic heterocycles. The molecule has 5 heteroatoms. The van der Waals surface area contributed by atoms with Gasteiger partial charge in [0.25, 0.3) is 5.91 Å². The van der Waals surface area contributed by atoms with Gasteiger partial charge in [0.1, 0.15) is 5.69 Å². The number of aromatic nitrogens is 1. The van der Waals surface area contributed by atoms with Crippen molar-refractivity contribution >= 4 is 11.6 Å². The minimum Gasteiger partial charge on any atom is -0.397 e. The summed E-state index contributed by atoms with van der Waals surface area (Å²) in [5, 5.41) is 2.90. The van der Waals surface area contributed by atoms with E-state index < -0.39 is 0 Å². The maximum Gasteiger partial charge on any atom is 0.267 e. The predicted octanol–water partition coefficient (Wildman–Crippen LogP) is 1.20. The monoisotopic (exact) mass is 250 g/mol. The minimum absolute atomic E-state index is 0.0784. The standard InChI is InChI=1S/C13H22N4O/c14-11-9-12(16-10-11)13(18)15-5-4-8-17-6-2-1-3-7-17/h9-10,16H,1-8,14H2,(H,15,18). The Balaban J connectivity index is 1.61. The summed E-state index contributed by atoms with van der Waals surface area (Å²) < 4.78 is 0. The Labute approximate surface area is 108 Å². The number of nitrogens with one attached hydrogen (secondary N) is 2. The third-order valence-electron chi connectivity index (χ3n) is 3.34. The van der Waals surface area contributed by atoms with Gasteiger partial charge in [-0.05, 0) is 45.0 Å². The number of likely N-dealkylation sites (tertiary alicyclic amines) is 1. The lowest BCUT2D eigenvalue weighted by Gasteiger charge is -2.26. The molecule has 1 fully saturated rings. The van der Waals surface area contributed by atoms with Crippen LogP contribution in [0.3, 0.4) is 0 Å². The number of nitrogens with zero attached hydrogens (tertiary/aromatic N) is 1. The third-order valence-corrected chi connectivity index (χ3v) is 3.34. The molecule has 5 nitrogen and oxygen atoms in total. The number of rotatable bonds is 5. The Kier molecular flexibility index (Phi) is 4.64. The first kappa shape index (κ1) is 13.0. The molecule has 1 aliphatic heterocycles. The molecule has 0 aliphatic carbocycles. The van der Waals surface area contributed by atoms with Gasteiger partial charge in [-0.15, -0.1) is 0 Å². The Bertz CT molecular complexity index is 382. The highest BCUT2D eigenvalue weighted by Crippen LogP contribution is 2.08. The number of nitrogen functional groups attached to an aromatic ring is 1. The third kappa shape index (κ3) is 3.77. The second-order valence-corrected chi connectivity index (χ2v) is 4.86. The number of amides is 1. The van der Waals surface area contributed by atoms with Gasteiger partial charge in [-0.1, -0.05) is 6.42 Å². The Morgan fingerprint density at radius 2 is 2.17 bits per heavy atom. The molecular formula is C13H22N4O. The molecular weight excluding hydrogens is 228 g/mol. The van der Waals surface area contributed by atoms with Crippen molar-refractivity contribution in [3.8, 4) is 0 Å². The van der Waals surface area contributed by atoms with Crippen LogP contribution in [0.4, 0.5) is 5.69 Å². The summed E-state index contributed by atoms with van der Waals surface area (Å²) >= 11 is 0. The Morgan fingerprint density at radius 3 is 2.83 bits per heavy atom. The predicted molar refractivity (Wildman–Crippen MR) is 72.4 cm³/mol. The molecule has 1 aromatic rings. The molecule has 18 heavy (non-hydrogen) atoms. The molecule has 0 unspecified atom stereocenters. The van der Waals surface area contributed by atoms with Gasteiger partial charge < -0.3 is 20.9 Å². The number of piperidine rings is 1. The van der Waals surface area contributed by atoms with Crippen molar-refractivity contribution in [1.82, 2.24) is 15.2 Å². The summed E-state index contributed by atoms with van der Waals surface area (Å²) in [6, 6.07) is 1.65. The Morgan fingerprint density at radius 1 is 1.39 bits per heavy atom. The average Bonchev–Trinajstić information content (AvgIpc) is 2.82. The van der Waals surface area contributed by atoms with E-state index in [1.807, 2.05) is 0 Å². The van der Waals surface area contributed by atoms with Crippen LogP contribution in [-0.4, -0.2) is 42.0 Å². The lowest BCUT2D eigenvalue weighted by Crippen LogP contribution is -2.33. The molecule has 1 saturated heterocycles. The van der Waals surface area contributed by atoms with Crippen LogP contribution in [0.25, 0.3) is 0 Å². The molecule has 0 spiro atoms. The first-order valence-corrected chi connectivity index (χ1v) is 6.70. The maximum atomic E-state index is 11.7. The Hall–Kier alpha value is -1.49. The largest absolute Gasteiger partial charge is 0.397 e. The summed E-state index contributed by atoms with van der Waals surface area (Å²) in [6.07, 6.45) is 6.62. The van der Waals surface area contributed by atoms with Crippen LogP contribution in [0.5, 0.6) is 0 Å². The fourth-order valence-corrected chi connectivity index (χ4v) is 2.32. The number of aromatic amines is 1. The highest BCUT2D eigenvalue weighted by atomic mass is 16.1. The maximum absolute atomic E-state index is 11.7. The van der Waals surface area contributed by atoms with Crippen LogP contribution in [0, 0.1) is 0 Å². The first-order chi connectivity index (χ1) is 8.75. The molecule has 0 bridgehead atoms. The number of hydrogen-bond donors (Lipinski definition) is 3. The summed E-state index contributed by atoms with van der Waals surface area (Å²) in [6.45, 7) is 4.21. The van der Waals surface area contributed by atoms with Gasteiger partial charge in [0.15, 0.2) is 0 Å². The number of hydrogen-bond acceptors (Lipinski definition) is 3. The summed E-state index contributed by atoms with van der Waals surface area (Å²) in [7, 11) is 0. The van der Waals surface area contributed by atoms with E-state index in [1.165, 1.54) is 32.4 Å². The van der Waals surface area contributed by atoms with Gasteiger partial charge in [-0.25, -0.2) is 0 Å². The van der Waals surface area contributed by atoms with Crippen molar-refractivity contribution in [3.05, 3.63) is 18.0 Å². The summed E-state index contributed by atoms with van der Waals surface area (Å²) in [4.78, 5) is 17.0. The first-order valence-electron chi connectivity index (χ1n) is 6.70. The van der Waals surface area contributed by atoms with Gasteiger partial charge >= 0.3 is 0 Å². The quantitative estimate of drug-likeness (QED) is 0.687. The zero-order valence-electron chi connectivity index (χ0n) is 10.7. The van der Waals surface area contributed by atoms with Crippen molar-refractivity contribution in [2.75, 3.05) is 31.9 Å². The van der Waals surface area contributed by atoms with Crippen LogP contribution in [0.1, 0.15) is 36.2 Å². The molecule has 1 aliphatic rings. The van der Waals surface area contributed by atoms with E-state index >= 15 is 0 Å². The van der Waals surface area contributed by atoms with Crippen LogP contribution in [-0.2, 0) is 0 Å². The molecule has 0 aromatic carbocycles. The molecule has 0 radical (unpaired) electrons. The zero-order chi connectivity index (χ0) is 12.8. The topological polar surface area (TPSA) is 74.1 Å².